The lowest BCUT2D eigenvalue weighted by Crippen LogP contribution is -2.45. The molecule has 0 aliphatic carbocycles. The van der Waals surface area contributed by atoms with Crippen LogP contribution in [0.25, 0.3) is 0 Å². The number of hydrogen-bond acceptors (Lipinski definition) is 12. The van der Waals surface area contributed by atoms with E-state index < -0.39 is 34.1 Å². The number of hydrogen-bond donors (Lipinski definition) is 0. The summed E-state index contributed by atoms with van der Waals surface area (Å²) in [6.07, 6.45) is -0.619. The number of non-ortho nitro benzene ring substituents is 2. The summed E-state index contributed by atoms with van der Waals surface area (Å²) in [5.41, 5.74) is 0.953. The monoisotopic (exact) mass is 704 g/mol. The molecule has 4 amide bonds. The van der Waals surface area contributed by atoms with Crippen molar-refractivity contribution in [3.8, 4) is 0 Å². The fourth-order valence-electron chi connectivity index (χ4n) is 5.24. The molecule has 4 atom stereocenters. The number of nitro groups is 2. The summed E-state index contributed by atoms with van der Waals surface area (Å²) in [6, 6.07) is 9.77. The molecule has 48 heavy (non-hydrogen) atoms. The highest BCUT2D eigenvalue weighted by atomic mass is 33.1. The average Bonchev–Trinajstić information content (AvgIpc) is 3.69. The van der Waals surface area contributed by atoms with Gasteiger partial charge in [-0.3, -0.25) is 39.6 Å². The van der Waals surface area contributed by atoms with Crippen molar-refractivity contribution in [1.29, 1.82) is 0 Å². The summed E-state index contributed by atoms with van der Waals surface area (Å²) in [4.78, 5) is 78.7. The summed E-state index contributed by atoms with van der Waals surface area (Å²) < 4.78 is 10.9. The topological polar surface area (TPSA) is 186 Å². The molecule has 0 N–H and O–H groups in total. The standard InChI is InChI=1S/C30H36N6O10S2/c1-31(2)27(37)25-13-23(15-33(25)29(39)45-17-19-5-9-21(10-6-19)35(41)42)47-48-24-14-26(28(38)32(3)4)34(16-24)30(40)46-18-20-7-11-22(12-8-20)36(43)44/h5-12,23-26H,13-18H2,1-4H3/t23-,24-,25+,26+/m0/s1. The Labute approximate surface area is 284 Å². The molecular weight excluding hydrogens is 668 g/mol. The summed E-state index contributed by atoms with van der Waals surface area (Å²) >= 11 is 0. The van der Waals surface area contributed by atoms with Crippen LogP contribution in [0.5, 0.6) is 0 Å². The summed E-state index contributed by atoms with van der Waals surface area (Å²) in [5, 5.41) is 21.5. The maximum atomic E-state index is 13.1. The highest BCUT2D eigenvalue weighted by Crippen LogP contribution is 2.42. The Kier molecular flexibility index (Phi) is 12.1. The third-order valence-electron chi connectivity index (χ3n) is 7.79. The van der Waals surface area contributed by atoms with Crippen LogP contribution in [0.2, 0.25) is 0 Å². The molecule has 2 aliphatic rings. The van der Waals surface area contributed by atoms with Crippen molar-refractivity contribution in [3.63, 3.8) is 0 Å². The third-order valence-corrected chi connectivity index (χ3v) is 11.1. The fraction of sp³-hybridized carbons (Fsp3) is 0.467. The van der Waals surface area contributed by atoms with E-state index in [0.717, 1.165) is 0 Å². The lowest BCUT2D eigenvalue weighted by molar-refractivity contribution is -0.385. The minimum atomic E-state index is -0.750. The van der Waals surface area contributed by atoms with Crippen molar-refractivity contribution in [3.05, 3.63) is 79.9 Å². The van der Waals surface area contributed by atoms with Gasteiger partial charge in [-0.2, -0.15) is 0 Å². The van der Waals surface area contributed by atoms with Crippen molar-refractivity contribution < 1.29 is 38.5 Å². The molecule has 18 heteroatoms. The van der Waals surface area contributed by atoms with Gasteiger partial charge in [0.2, 0.25) is 11.8 Å². The van der Waals surface area contributed by atoms with E-state index in [1.165, 1.54) is 89.7 Å². The Morgan fingerprint density at radius 1 is 0.688 bits per heavy atom. The van der Waals surface area contributed by atoms with Gasteiger partial charge < -0.3 is 19.3 Å². The second-order valence-corrected chi connectivity index (χ2v) is 14.5. The maximum absolute atomic E-state index is 13.1. The highest BCUT2D eigenvalue weighted by Gasteiger charge is 2.44. The first-order valence-corrected chi connectivity index (χ1v) is 17.1. The van der Waals surface area contributed by atoms with Crippen LogP contribution in [0.15, 0.2) is 48.5 Å². The highest BCUT2D eigenvalue weighted by molar-refractivity contribution is 8.77. The lowest BCUT2D eigenvalue weighted by atomic mass is 10.2. The van der Waals surface area contributed by atoms with Gasteiger partial charge in [0.05, 0.1) is 9.85 Å². The first-order chi connectivity index (χ1) is 22.7. The molecule has 0 bridgehead atoms. The maximum Gasteiger partial charge on any atom is 0.410 e. The van der Waals surface area contributed by atoms with Crippen LogP contribution < -0.4 is 0 Å². The largest absolute Gasteiger partial charge is 0.445 e. The average molecular weight is 705 g/mol. The smallest absolute Gasteiger partial charge is 0.410 e. The first-order valence-electron chi connectivity index (χ1n) is 14.8. The molecule has 2 aromatic rings. The van der Waals surface area contributed by atoms with E-state index in [9.17, 15) is 39.4 Å². The molecule has 2 aromatic carbocycles. The van der Waals surface area contributed by atoms with Gasteiger partial charge in [-0.15, -0.1) is 0 Å². The zero-order chi connectivity index (χ0) is 35.1. The molecule has 0 spiro atoms. The van der Waals surface area contributed by atoms with Gasteiger partial charge in [-0.25, -0.2) is 9.59 Å². The quantitative estimate of drug-likeness (QED) is 0.187. The van der Waals surface area contributed by atoms with Gasteiger partial charge in [0.25, 0.3) is 11.4 Å². The molecule has 2 saturated heterocycles. The molecule has 258 valence electrons. The number of likely N-dealkylation sites (tertiary alicyclic amines) is 2. The molecule has 0 saturated carbocycles. The van der Waals surface area contributed by atoms with Gasteiger partial charge in [-0.1, -0.05) is 21.6 Å². The molecule has 16 nitrogen and oxygen atoms in total. The van der Waals surface area contributed by atoms with E-state index in [1.807, 2.05) is 0 Å². The van der Waals surface area contributed by atoms with E-state index in [-0.39, 0.29) is 60.0 Å². The summed E-state index contributed by atoms with van der Waals surface area (Å²) in [5.74, 6) is -0.510. The van der Waals surface area contributed by atoms with Crippen LogP contribution in [0, 0.1) is 20.2 Å². The molecule has 0 radical (unpaired) electrons. The molecule has 0 aromatic heterocycles. The van der Waals surface area contributed by atoms with Gasteiger partial charge in [0, 0.05) is 76.0 Å². The lowest BCUT2D eigenvalue weighted by Gasteiger charge is -2.25. The Morgan fingerprint density at radius 2 is 1.02 bits per heavy atom. The number of nitrogens with zero attached hydrogens (tertiary/aromatic N) is 6. The van der Waals surface area contributed by atoms with Crippen molar-refractivity contribution >= 4 is 57.0 Å². The van der Waals surface area contributed by atoms with E-state index in [2.05, 4.69) is 0 Å². The molecule has 2 heterocycles. The van der Waals surface area contributed by atoms with Crippen molar-refractivity contribution in [2.24, 2.45) is 0 Å². The summed E-state index contributed by atoms with van der Waals surface area (Å²) in [6.45, 7) is 0.216. The van der Waals surface area contributed by atoms with Crippen LogP contribution in [-0.2, 0) is 32.3 Å². The van der Waals surface area contributed by atoms with E-state index in [4.69, 9.17) is 9.47 Å². The minimum Gasteiger partial charge on any atom is -0.445 e. The predicted octanol–water partition coefficient (Wildman–Crippen LogP) is 3.92. The van der Waals surface area contributed by atoms with E-state index in [1.54, 1.807) is 28.2 Å². The predicted molar refractivity (Wildman–Crippen MR) is 177 cm³/mol. The Bertz CT molecular complexity index is 1410. The van der Waals surface area contributed by atoms with Crippen LogP contribution >= 0.6 is 21.6 Å². The molecular formula is C30H36N6O10S2. The van der Waals surface area contributed by atoms with E-state index in [0.29, 0.717) is 24.0 Å². The molecule has 4 rings (SSSR count). The second kappa shape index (κ2) is 16.0. The summed E-state index contributed by atoms with van der Waals surface area (Å²) in [7, 11) is 9.37. The van der Waals surface area contributed by atoms with Crippen LogP contribution in [0.1, 0.15) is 24.0 Å². The molecule has 2 aliphatic heterocycles. The van der Waals surface area contributed by atoms with Crippen LogP contribution in [-0.4, -0.2) is 117 Å². The molecule has 0 unspecified atom stereocenters. The number of likely N-dealkylation sites (N-methyl/N-ethyl adjacent to an activating group) is 2. The second-order valence-electron chi connectivity index (χ2n) is 11.7. The van der Waals surface area contributed by atoms with Crippen molar-refractivity contribution in [2.45, 2.75) is 48.6 Å². The zero-order valence-corrected chi connectivity index (χ0v) is 28.4. The van der Waals surface area contributed by atoms with Crippen molar-refractivity contribution in [1.82, 2.24) is 19.6 Å². The SMILES string of the molecule is CN(C)C(=O)[C@H]1C[C@H](SS[C@H]2C[C@H](C(=O)N(C)C)N(C(=O)OCc3ccc([N+](=O)[O-])cc3)C2)CN1C(=O)OCc1ccc([N+](=O)[O-])cc1. The molecule has 2 fully saturated rings. The first kappa shape index (κ1) is 36.3. The minimum absolute atomic E-state index is 0.0828. The number of benzene rings is 2. The number of carbonyl (C=O) groups excluding carboxylic acids is 4. The number of carbonyl (C=O) groups is 4. The Balaban J connectivity index is 1.36. The number of ether oxygens (including phenoxy) is 2. The van der Waals surface area contributed by atoms with Crippen LogP contribution in [0.4, 0.5) is 21.0 Å². The third kappa shape index (κ3) is 9.06. The van der Waals surface area contributed by atoms with Gasteiger partial charge in [-0.05, 0) is 48.2 Å². The zero-order valence-electron chi connectivity index (χ0n) is 26.8. The Hall–Kier alpha value is -4.58. The van der Waals surface area contributed by atoms with Gasteiger partial charge in [0.1, 0.15) is 25.3 Å². The number of amides is 4. The normalized spacial score (nSPS) is 20.2. The fourth-order valence-corrected chi connectivity index (χ4v) is 8.30. The van der Waals surface area contributed by atoms with E-state index >= 15 is 0 Å². The Morgan fingerprint density at radius 3 is 1.31 bits per heavy atom. The van der Waals surface area contributed by atoms with Gasteiger partial charge >= 0.3 is 12.2 Å². The number of nitro benzene ring substituents is 2. The van der Waals surface area contributed by atoms with Crippen molar-refractivity contribution in [2.75, 3.05) is 41.3 Å². The van der Waals surface area contributed by atoms with Gasteiger partial charge in [0.15, 0.2) is 0 Å². The van der Waals surface area contributed by atoms with Crippen LogP contribution in [0.3, 0.4) is 0 Å². The number of rotatable bonds is 11.